The van der Waals surface area contributed by atoms with E-state index in [1.165, 1.54) is 0 Å². The van der Waals surface area contributed by atoms with Crippen LogP contribution in [-0.2, 0) is 26.1 Å². The lowest BCUT2D eigenvalue weighted by Crippen LogP contribution is -2.63. The van der Waals surface area contributed by atoms with Crippen LogP contribution >= 0.6 is 0 Å². The summed E-state index contributed by atoms with van der Waals surface area (Å²) in [7, 11) is -6.11. The lowest BCUT2D eigenvalue weighted by atomic mass is 10.0. The Hall–Kier alpha value is -2.41. The number of carbonyl (C=O) groups excluding carboxylic acids is 2. The maximum Gasteiger partial charge on any atom is 0.438 e. The SMILES string of the molecule is C=CC(=O)Cc1ccc(C(=O)OC(CS(=O)(=O)[O-])(C(F)(F)F)C(F)(F)F)cc1. The number of hydrogen-bond donors (Lipinski definition) is 0. The van der Waals surface area contributed by atoms with Crippen molar-refractivity contribution in [3.8, 4) is 0 Å². The summed E-state index contributed by atoms with van der Waals surface area (Å²) in [5.41, 5.74) is -6.08. The molecule has 0 aliphatic rings. The van der Waals surface area contributed by atoms with Crippen molar-refractivity contribution in [2.24, 2.45) is 0 Å². The van der Waals surface area contributed by atoms with Crippen LogP contribution in [0.5, 0.6) is 0 Å². The number of rotatable bonds is 7. The van der Waals surface area contributed by atoms with Crippen molar-refractivity contribution in [1.29, 1.82) is 0 Å². The summed E-state index contributed by atoms with van der Waals surface area (Å²) < 4.78 is 114. The summed E-state index contributed by atoms with van der Waals surface area (Å²) >= 11 is 0. The van der Waals surface area contributed by atoms with Crippen LogP contribution in [0.25, 0.3) is 0 Å². The standard InChI is InChI=1S/C15H12F6O6S/c1-2-11(22)7-9-3-5-10(6-4-9)12(23)27-13(14(16,17)18,15(19,20)21)8-28(24,25)26/h2-6H,1,7-8H2,(H,24,25,26)/p-1. The van der Waals surface area contributed by atoms with Crippen LogP contribution in [0.1, 0.15) is 15.9 Å². The van der Waals surface area contributed by atoms with Gasteiger partial charge in [0.1, 0.15) is 0 Å². The molecule has 0 amide bonds. The first kappa shape index (κ1) is 23.6. The van der Waals surface area contributed by atoms with Crippen LogP contribution in [-0.4, -0.2) is 48.4 Å². The molecule has 0 aliphatic heterocycles. The monoisotopic (exact) mass is 433 g/mol. The third-order valence-corrected chi connectivity index (χ3v) is 4.12. The van der Waals surface area contributed by atoms with Gasteiger partial charge >= 0.3 is 23.9 Å². The Morgan fingerprint density at radius 2 is 1.50 bits per heavy atom. The van der Waals surface area contributed by atoms with Crippen molar-refractivity contribution in [3.05, 3.63) is 48.0 Å². The highest BCUT2D eigenvalue weighted by Crippen LogP contribution is 2.47. The lowest BCUT2D eigenvalue weighted by molar-refractivity contribution is -0.356. The molecule has 1 aromatic carbocycles. The van der Waals surface area contributed by atoms with E-state index in [1.54, 1.807) is 0 Å². The van der Waals surface area contributed by atoms with Gasteiger partial charge in [0.05, 0.1) is 21.4 Å². The summed E-state index contributed by atoms with van der Waals surface area (Å²) in [6, 6.07) is 3.67. The van der Waals surface area contributed by atoms with Gasteiger partial charge in [-0.05, 0) is 23.8 Å². The van der Waals surface area contributed by atoms with E-state index in [0.717, 1.165) is 30.3 Å². The Morgan fingerprint density at radius 3 is 1.86 bits per heavy atom. The van der Waals surface area contributed by atoms with Crippen molar-refractivity contribution < 1.29 is 53.6 Å². The van der Waals surface area contributed by atoms with Gasteiger partial charge in [0.25, 0.3) is 0 Å². The summed E-state index contributed by atoms with van der Waals surface area (Å²) in [5.74, 6) is -5.69. The average Bonchev–Trinajstić information content (AvgIpc) is 2.51. The van der Waals surface area contributed by atoms with E-state index in [4.69, 9.17) is 0 Å². The van der Waals surface area contributed by atoms with E-state index in [9.17, 15) is 48.9 Å². The Morgan fingerprint density at radius 1 is 1.04 bits per heavy atom. The molecule has 6 nitrogen and oxygen atoms in total. The molecule has 0 heterocycles. The summed E-state index contributed by atoms with van der Waals surface area (Å²) in [4.78, 5) is 23.0. The molecule has 0 N–H and O–H groups in total. The molecule has 0 fully saturated rings. The van der Waals surface area contributed by atoms with E-state index in [0.29, 0.717) is 0 Å². The van der Waals surface area contributed by atoms with Gasteiger partial charge in [0.15, 0.2) is 5.78 Å². The second kappa shape index (κ2) is 7.91. The van der Waals surface area contributed by atoms with Gasteiger partial charge in [-0.1, -0.05) is 18.7 Å². The van der Waals surface area contributed by atoms with Gasteiger partial charge in [-0.25, -0.2) is 13.2 Å². The minimum atomic E-state index is -6.45. The summed E-state index contributed by atoms with van der Waals surface area (Å²) in [5, 5.41) is 0. The van der Waals surface area contributed by atoms with Crippen LogP contribution in [0.15, 0.2) is 36.9 Å². The van der Waals surface area contributed by atoms with Gasteiger partial charge in [-0.2, -0.15) is 26.3 Å². The number of allylic oxidation sites excluding steroid dienone is 1. The first-order chi connectivity index (χ1) is 12.5. The number of halogens is 6. The molecule has 13 heteroatoms. The molecule has 1 aromatic rings. The molecule has 0 unspecified atom stereocenters. The number of alkyl halides is 6. The normalized spacial score (nSPS) is 13.1. The third kappa shape index (κ3) is 5.55. The maximum atomic E-state index is 13.1. The molecule has 0 saturated carbocycles. The minimum Gasteiger partial charge on any atom is -0.748 e. The zero-order valence-corrected chi connectivity index (χ0v) is 14.5. The fourth-order valence-corrected chi connectivity index (χ4v) is 2.85. The van der Waals surface area contributed by atoms with Crippen LogP contribution in [0.3, 0.4) is 0 Å². The van der Waals surface area contributed by atoms with Crippen LogP contribution in [0, 0.1) is 0 Å². The fraction of sp³-hybridized carbons (Fsp3) is 0.333. The van der Waals surface area contributed by atoms with E-state index in [1.807, 2.05) is 0 Å². The fourth-order valence-electron chi connectivity index (χ4n) is 1.97. The van der Waals surface area contributed by atoms with Gasteiger partial charge in [-0.15, -0.1) is 0 Å². The van der Waals surface area contributed by atoms with E-state index in [-0.39, 0.29) is 12.0 Å². The first-order valence-electron chi connectivity index (χ1n) is 7.07. The van der Waals surface area contributed by atoms with Crippen LogP contribution < -0.4 is 0 Å². The molecule has 0 aliphatic carbocycles. The number of ether oxygens (including phenoxy) is 1. The molecular weight excluding hydrogens is 422 g/mol. The predicted molar refractivity (Wildman–Crippen MR) is 80.2 cm³/mol. The second-order valence-electron chi connectivity index (χ2n) is 5.46. The molecule has 0 atom stereocenters. The highest BCUT2D eigenvalue weighted by Gasteiger charge is 2.75. The molecule has 0 aromatic heterocycles. The number of benzene rings is 1. The summed E-state index contributed by atoms with van der Waals surface area (Å²) in [6.07, 6.45) is -12.1. The van der Waals surface area contributed by atoms with Gasteiger partial charge in [0, 0.05) is 6.42 Å². The zero-order chi connectivity index (χ0) is 22.0. The predicted octanol–water partition coefficient (Wildman–Crippen LogP) is 2.55. The Kier molecular flexibility index (Phi) is 6.68. The Labute approximate surface area is 154 Å². The molecule has 0 radical (unpaired) electrons. The average molecular weight is 433 g/mol. The first-order valence-corrected chi connectivity index (χ1v) is 8.65. The maximum absolute atomic E-state index is 13.1. The second-order valence-corrected chi connectivity index (χ2v) is 6.86. The quantitative estimate of drug-likeness (QED) is 0.284. The highest BCUT2D eigenvalue weighted by atomic mass is 32.2. The molecule has 0 spiro atoms. The number of carbonyl (C=O) groups is 2. The molecule has 28 heavy (non-hydrogen) atoms. The zero-order valence-electron chi connectivity index (χ0n) is 13.6. The molecule has 0 bridgehead atoms. The van der Waals surface area contributed by atoms with Crippen LogP contribution in [0.2, 0.25) is 0 Å². The van der Waals surface area contributed by atoms with E-state index in [2.05, 4.69) is 11.3 Å². The van der Waals surface area contributed by atoms with E-state index < -0.39 is 51.1 Å². The number of esters is 1. The largest absolute Gasteiger partial charge is 0.748 e. The molecule has 1 rings (SSSR count). The van der Waals surface area contributed by atoms with Gasteiger partial charge < -0.3 is 9.29 Å². The molecular formula is C15H11F6O6S-. The van der Waals surface area contributed by atoms with Crippen molar-refractivity contribution >= 4 is 21.9 Å². The van der Waals surface area contributed by atoms with Crippen molar-refractivity contribution in [1.82, 2.24) is 0 Å². The van der Waals surface area contributed by atoms with E-state index >= 15 is 0 Å². The topological polar surface area (TPSA) is 101 Å². The highest BCUT2D eigenvalue weighted by molar-refractivity contribution is 7.85. The van der Waals surface area contributed by atoms with Gasteiger partial charge in [-0.3, -0.25) is 4.79 Å². The van der Waals surface area contributed by atoms with Crippen molar-refractivity contribution in [2.45, 2.75) is 24.4 Å². The summed E-state index contributed by atoms with van der Waals surface area (Å²) in [6.45, 7) is 3.21. The number of hydrogen-bond acceptors (Lipinski definition) is 6. The van der Waals surface area contributed by atoms with Gasteiger partial charge in [0.2, 0.25) is 0 Å². The third-order valence-electron chi connectivity index (χ3n) is 3.36. The minimum absolute atomic E-state index is 0.192. The number of ketones is 1. The molecule has 0 saturated heterocycles. The van der Waals surface area contributed by atoms with Crippen LogP contribution in [0.4, 0.5) is 26.3 Å². The molecule has 156 valence electrons. The Balaban J connectivity index is 3.30. The lowest BCUT2D eigenvalue weighted by Gasteiger charge is -2.36. The van der Waals surface area contributed by atoms with Crippen molar-refractivity contribution in [2.75, 3.05) is 5.75 Å². The smallest absolute Gasteiger partial charge is 0.438 e. The van der Waals surface area contributed by atoms with Crippen molar-refractivity contribution in [3.63, 3.8) is 0 Å². The Bertz CT molecular complexity index is 840.